The van der Waals surface area contributed by atoms with Crippen molar-refractivity contribution < 1.29 is 14.3 Å². The number of hydrogen-bond acceptors (Lipinski definition) is 4. The fraction of sp³-hybridized carbons (Fsp3) is 0.273. The average molecular weight is 366 g/mol. The van der Waals surface area contributed by atoms with Crippen molar-refractivity contribution in [2.75, 3.05) is 13.7 Å². The van der Waals surface area contributed by atoms with Gasteiger partial charge in [-0.3, -0.25) is 4.79 Å². The molecule has 2 aromatic carbocycles. The zero-order valence-electron chi connectivity index (χ0n) is 16.3. The molecule has 27 heavy (non-hydrogen) atoms. The van der Waals surface area contributed by atoms with Crippen LogP contribution in [0.3, 0.4) is 0 Å². The average Bonchev–Trinajstić information content (AvgIpc) is 2.62. The minimum Gasteiger partial charge on any atom is -0.493 e. The topological polar surface area (TPSA) is 59.9 Å². The summed E-state index contributed by atoms with van der Waals surface area (Å²) in [7, 11) is 1.57. The van der Waals surface area contributed by atoms with E-state index in [2.05, 4.69) is 36.2 Å². The summed E-state index contributed by atoms with van der Waals surface area (Å²) in [6.45, 7) is 9.67. The van der Waals surface area contributed by atoms with Crippen LogP contribution in [0, 0.1) is 20.8 Å². The van der Waals surface area contributed by atoms with E-state index in [4.69, 9.17) is 9.47 Å². The number of aryl methyl sites for hydroxylation is 3. The predicted octanol–water partition coefficient (Wildman–Crippen LogP) is 3.88. The molecule has 2 rings (SSSR count). The molecule has 142 valence electrons. The summed E-state index contributed by atoms with van der Waals surface area (Å²) < 4.78 is 10.9. The van der Waals surface area contributed by atoms with Crippen molar-refractivity contribution >= 4 is 12.1 Å². The number of carbonyl (C=O) groups is 1. The minimum absolute atomic E-state index is 0.152. The van der Waals surface area contributed by atoms with Gasteiger partial charge in [-0.05, 0) is 56.0 Å². The van der Waals surface area contributed by atoms with Crippen LogP contribution in [0.4, 0.5) is 0 Å². The number of rotatable bonds is 8. The highest BCUT2D eigenvalue weighted by molar-refractivity contribution is 5.85. The molecule has 1 amide bonds. The number of benzene rings is 2. The highest BCUT2D eigenvalue weighted by atomic mass is 16.5. The van der Waals surface area contributed by atoms with E-state index in [1.54, 1.807) is 19.4 Å². The maximum absolute atomic E-state index is 12.0. The fourth-order valence-electron chi connectivity index (χ4n) is 2.86. The van der Waals surface area contributed by atoms with Crippen LogP contribution in [0.5, 0.6) is 11.5 Å². The molecule has 0 radical (unpaired) electrons. The van der Waals surface area contributed by atoms with Crippen LogP contribution in [-0.4, -0.2) is 25.8 Å². The summed E-state index contributed by atoms with van der Waals surface area (Å²) >= 11 is 0. The molecule has 0 saturated carbocycles. The lowest BCUT2D eigenvalue weighted by molar-refractivity contribution is -0.123. The first-order valence-corrected chi connectivity index (χ1v) is 8.75. The van der Waals surface area contributed by atoms with Crippen molar-refractivity contribution in [2.45, 2.75) is 27.2 Å². The molecular formula is C22H26N2O3. The summed E-state index contributed by atoms with van der Waals surface area (Å²) in [5.41, 5.74) is 7.99. The van der Waals surface area contributed by atoms with Gasteiger partial charge in [-0.1, -0.05) is 29.8 Å². The number of nitrogens with one attached hydrogen (secondary N) is 1. The normalized spacial score (nSPS) is 10.7. The van der Waals surface area contributed by atoms with E-state index in [0.29, 0.717) is 11.5 Å². The molecule has 5 heteroatoms. The van der Waals surface area contributed by atoms with Crippen LogP contribution in [0.25, 0.3) is 0 Å². The number of hydrazone groups is 1. The summed E-state index contributed by atoms with van der Waals surface area (Å²) in [5.74, 6) is 0.747. The largest absolute Gasteiger partial charge is 0.493 e. The Morgan fingerprint density at radius 1 is 1.15 bits per heavy atom. The van der Waals surface area contributed by atoms with Gasteiger partial charge in [0.15, 0.2) is 18.1 Å². The molecule has 0 spiro atoms. The van der Waals surface area contributed by atoms with Gasteiger partial charge in [-0.2, -0.15) is 5.10 Å². The van der Waals surface area contributed by atoms with E-state index in [-0.39, 0.29) is 12.5 Å². The number of amides is 1. The summed E-state index contributed by atoms with van der Waals surface area (Å²) in [5, 5.41) is 4.04. The Bertz CT molecular complexity index is 834. The number of nitrogens with zero attached hydrogens (tertiary/aromatic N) is 1. The van der Waals surface area contributed by atoms with Crippen molar-refractivity contribution in [1.29, 1.82) is 0 Å². The molecule has 0 saturated heterocycles. The highest BCUT2D eigenvalue weighted by Crippen LogP contribution is 2.28. The predicted molar refractivity (Wildman–Crippen MR) is 109 cm³/mol. The molecule has 0 atom stereocenters. The molecule has 0 fully saturated rings. The van der Waals surface area contributed by atoms with Crippen molar-refractivity contribution in [3.05, 3.63) is 70.8 Å². The Morgan fingerprint density at radius 2 is 1.85 bits per heavy atom. The van der Waals surface area contributed by atoms with Gasteiger partial charge in [0.1, 0.15) is 0 Å². The number of hydrogen-bond donors (Lipinski definition) is 1. The minimum atomic E-state index is -0.342. The third-order valence-electron chi connectivity index (χ3n) is 4.09. The van der Waals surface area contributed by atoms with Crippen LogP contribution < -0.4 is 14.9 Å². The monoisotopic (exact) mass is 366 g/mol. The third kappa shape index (κ3) is 5.71. The first-order valence-electron chi connectivity index (χ1n) is 8.75. The maximum Gasteiger partial charge on any atom is 0.277 e. The molecule has 0 aliphatic heterocycles. The Kier molecular flexibility index (Phi) is 7.17. The van der Waals surface area contributed by atoms with Gasteiger partial charge in [0.25, 0.3) is 5.91 Å². The standard InChI is InChI=1S/C22H26N2O3/c1-6-7-18-8-9-20(21(12-18)26-5)27-14-22(25)24-23-13-19-16(3)10-15(2)11-17(19)4/h6,8-13H,1,7,14H2,2-5H3,(H,24,25). The van der Waals surface area contributed by atoms with Crippen molar-refractivity contribution in [3.63, 3.8) is 0 Å². The lowest BCUT2D eigenvalue weighted by Crippen LogP contribution is -2.24. The van der Waals surface area contributed by atoms with Gasteiger partial charge >= 0.3 is 0 Å². The van der Waals surface area contributed by atoms with E-state index in [0.717, 1.165) is 28.7 Å². The summed E-state index contributed by atoms with van der Waals surface area (Å²) in [4.78, 5) is 12.0. The smallest absolute Gasteiger partial charge is 0.277 e. The molecule has 0 unspecified atom stereocenters. The van der Waals surface area contributed by atoms with Crippen LogP contribution in [0.15, 0.2) is 48.1 Å². The van der Waals surface area contributed by atoms with Crippen molar-refractivity contribution in [2.24, 2.45) is 5.10 Å². The Hall–Kier alpha value is -3.08. The maximum atomic E-state index is 12.0. The Morgan fingerprint density at radius 3 is 2.48 bits per heavy atom. The highest BCUT2D eigenvalue weighted by Gasteiger charge is 2.08. The number of allylic oxidation sites excluding steroid dienone is 1. The van der Waals surface area contributed by atoms with Crippen LogP contribution in [0.1, 0.15) is 27.8 Å². The first kappa shape index (κ1) is 20.2. The molecule has 2 aromatic rings. The lowest BCUT2D eigenvalue weighted by Gasteiger charge is -2.11. The number of carbonyl (C=O) groups excluding carboxylic acids is 1. The van der Waals surface area contributed by atoms with Crippen LogP contribution >= 0.6 is 0 Å². The first-order chi connectivity index (χ1) is 12.9. The van der Waals surface area contributed by atoms with Gasteiger partial charge in [0.2, 0.25) is 0 Å². The van der Waals surface area contributed by atoms with Gasteiger partial charge < -0.3 is 9.47 Å². The summed E-state index contributed by atoms with van der Waals surface area (Å²) in [6, 6.07) is 9.74. The number of ether oxygens (including phenoxy) is 2. The molecule has 0 bridgehead atoms. The molecular weight excluding hydrogens is 340 g/mol. The zero-order valence-corrected chi connectivity index (χ0v) is 16.3. The quantitative estimate of drug-likeness (QED) is 0.438. The van der Waals surface area contributed by atoms with E-state index in [9.17, 15) is 4.79 Å². The van der Waals surface area contributed by atoms with Gasteiger partial charge in [0.05, 0.1) is 13.3 Å². The third-order valence-corrected chi connectivity index (χ3v) is 4.09. The van der Waals surface area contributed by atoms with Crippen molar-refractivity contribution in [1.82, 2.24) is 5.43 Å². The second-order valence-corrected chi connectivity index (χ2v) is 6.37. The molecule has 0 aromatic heterocycles. The zero-order chi connectivity index (χ0) is 19.8. The molecule has 0 aliphatic carbocycles. The van der Waals surface area contributed by atoms with Gasteiger partial charge in [0, 0.05) is 5.56 Å². The number of methoxy groups -OCH3 is 1. The summed E-state index contributed by atoms with van der Waals surface area (Å²) in [6.07, 6.45) is 4.22. The van der Waals surface area contributed by atoms with E-state index >= 15 is 0 Å². The fourth-order valence-corrected chi connectivity index (χ4v) is 2.86. The second-order valence-electron chi connectivity index (χ2n) is 6.37. The van der Waals surface area contributed by atoms with Crippen LogP contribution in [0.2, 0.25) is 0 Å². The Labute approximate surface area is 160 Å². The van der Waals surface area contributed by atoms with E-state index in [1.165, 1.54) is 5.56 Å². The Balaban J connectivity index is 1.94. The van der Waals surface area contributed by atoms with E-state index in [1.807, 2.05) is 32.1 Å². The molecule has 0 aliphatic rings. The molecule has 5 nitrogen and oxygen atoms in total. The van der Waals surface area contributed by atoms with Gasteiger partial charge in [-0.15, -0.1) is 6.58 Å². The molecule has 0 heterocycles. The second kappa shape index (κ2) is 9.57. The van der Waals surface area contributed by atoms with Crippen LogP contribution in [-0.2, 0) is 11.2 Å². The van der Waals surface area contributed by atoms with Crippen molar-refractivity contribution in [3.8, 4) is 11.5 Å². The van der Waals surface area contributed by atoms with Gasteiger partial charge in [-0.25, -0.2) is 5.43 Å². The molecule has 1 N–H and O–H groups in total. The van der Waals surface area contributed by atoms with E-state index < -0.39 is 0 Å². The SMILES string of the molecule is C=CCc1ccc(OCC(=O)NN=Cc2c(C)cc(C)cc2C)c(OC)c1. The lowest BCUT2D eigenvalue weighted by atomic mass is 10.0.